The maximum absolute atomic E-state index is 6.52. The molecule has 0 heterocycles. The normalized spacial score (nSPS) is 25.7. The number of hydrogen-bond acceptors (Lipinski definition) is 2. The first kappa shape index (κ1) is 14.3. The summed E-state index contributed by atoms with van der Waals surface area (Å²) in [5.41, 5.74) is 0.147. The van der Waals surface area contributed by atoms with E-state index in [1.165, 1.54) is 64.2 Å². The van der Waals surface area contributed by atoms with Crippen molar-refractivity contribution < 1.29 is 4.74 Å². The molecule has 2 fully saturated rings. The van der Waals surface area contributed by atoms with Crippen LogP contribution < -0.4 is 5.32 Å². The van der Waals surface area contributed by atoms with Crippen LogP contribution in [0.5, 0.6) is 0 Å². The van der Waals surface area contributed by atoms with E-state index in [1.807, 2.05) is 0 Å². The molecule has 106 valence electrons. The molecule has 0 aliphatic heterocycles. The number of hydrogen-bond donors (Lipinski definition) is 1. The Morgan fingerprint density at radius 2 is 1.83 bits per heavy atom. The van der Waals surface area contributed by atoms with Crippen LogP contribution in [0.4, 0.5) is 0 Å². The summed E-state index contributed by atoms with van der Waals surface area (Å²) in [5, 5.41) is 3.72. The molecular weight excluding hydrogens is 222 g/mol. The molecule has 1 atom stereocenters. The highest BCUT2D eigenvalue weighted by molar-refractivity contribution is 4.90. The lowest BCUT2D eigenvalue weighted by Gasteiger charge is -2.36. The summed E-state index contributed by atoms with van der Waals surface area (Å²) in [4.78, 5) is 0. The fourth-order valence-corrected chi connectivity index (χ4v) is 3.22. The molecule has 0 bridgehead atoms. The summed E-state index contributed by atoms with van der Waals surface area (Å²) in [7, 11) is 0. The topological polar surface area (TPSA) is 21.3 Å². The van der Waals surface area contributed by atoms with Crippen molar-refractivity contribution in [2.24, 2.45) is 0 Å². The molecule has 1 N–H and O–H groups in total. The third kappa shape index (κ3) is 4.55. The Hall–Kier alpha value is -0.0800. The molecule has 0 radical (unpaired) electrons. The second-order valence-corrected chi connectivity index (χ2v) is 6.47. The van der Waals surface area contributed by atoms with Crippen LogP contribution in [0.1, 0.15) is 78.1 Å². The van der Waals surface area contributed by atoms with Gasteiger partial charge in [0.2, 0.25) is 0 Å². The van der Waals surface area contributed by atoms with Gasteiger partial charge in [0.25, 0.3) is 0 Å². The van der Waals surface area contributed by atoms with Gasteiger partial charge in [-0.05, 0) is 39.0 Å². The van der Waals surface area contributed by atoms with E-state index in [2.05, 4.69) is 19.2 Å². The summed E-state index contributed by atoms with van der Waals surface area (Å²) in [6, 6.07) is 0.801. The van der Waals surface area contributed by atoms with Gasteiger partial charge in [-0.2, -0.15) is 0 Å². The van der Waals surface area contributed by atoms with E-state index in [0.29, 0.717) is 6.10 Å². The zero-order chi connectivity index (χ0) is 12.8. The Labute approximate surface area is 113 Å². The SMILES string of the molecule is CCCC(C)OC1(CNC2CC2)CCCCCC1. The minimum absolute atomic E-state index is 0.147. The third-order valence-corrected chi connectivity index (χ3v) is 4.45. The summed E-state index contributed by atoms with van der Waals surface area (Å²) in [6.07, 6.45) is 13.6. The molecule has 2 rings (SSSR count). The van der Waals surface area contributed by atoms with Crippen LogP contribution in [0.25, 0.3) is 0 Å². The predicted molar refractivity (Wildman–Crippen MR) is 76.9 cm³/mol. The zero-order valence-electron chi connectivity index (χ0n) is 12.3. The molecule has 2 heteroatoms. The number of rotatable bonds is 7. The molecular formula is C16H31NO. The fraction of sp³-hybridized carbons (Fsp3) is 1.00. The van der Waals surface area contributed by atoms with Gasteiger partial charge in [0.1, 0.15) is 0 Å². The average molecular weight is 253 g/mol. The third-order valence-electron chi connectivity index (χ3n) is 4.45. The highest BCUT2D eigenvalue weighted by atomic mass is 16.5. The van der Waals surface area contributed by atoms with E-state index in [4.69, 9.17) is 4.74 Å². The van der Waals surface area contributed by atoms with E-state index >= 15 is 0 Å². The van der Waals surface area contributed by atoms with Gasteiger partial charge in [0.15, 0.2) is 0 Å². The Bertz CT molecular complexity index is 229. The fourth-order valence-electron chi connectivity index (χ4n) is 3.22. The maximum Gasteiger partial charge on any atom is 0.0810 e. The summed E-state index contributed by atoms with van der Waals surface area (Å²) < 4.78 is 6.52. The van der Waals surface area contributed by atoms with Crippen molar-refractivity contribution >= 4 is 0 Å². The molecule has 0 amide bonds. The Balaban J connectivity index is 1.89. The van der Waals surface area contributed by atoms with Crippen LogP contribution in [-0.4, -0.2) is 24.3 Å². The highest BCUT2D eigenvalue weighted by Gasteiger charge is 2.35. The Morgan fingerprint density at radius 3 is 2.39 bits per heavy atom. The first-order chi connectivity index (χ1) is 8.74. The molecule has 18 heavy (non-hydrogen) atoms. The van der Waals surface area contributed by atoms with Gasteiger partial charge in [0.05, 0.1) is 11.7 Å². The van der Waals surface area contributed by atoms with Crippen molar-refractivity contribution in [2.45, 2.75) is 95.8 Å². The van der Waals surface area contributed by atoms with E-state index in [-0.39, 0.29) is 5.60 Å². The average Bonchev–Trinajstić information content (AvgIpc) is 3.14. The quantitative estimate of drug-likeness (QED) is 0.691. The van der Waals surface area contributed by atoms with Crippen molar-refractivity contribution in [1.29, 1.82) is 0 Å². The zero-order valence-corrected chi connectivity index (χ0v) is 12.3. The first-order valence-corrected chi connectivity index (χ1v) is 8.15. The molecule has 2 nitrogen and oxygen atoms in total. The predicted octanol–water partition coefficient (Wildman–Crippen LogP) is 4.04. The van der Waals surface area contributed by atoms with E-state index in [1.54, 1.807) is 0 Å². The standard InChI is InChI=1S/C16H31NO/c1-3-8-14(2)18-16(13-17-15-9-10-15)11-6-4-5-7-12-16/h14-15,17H,3-13H2,1-2H3. The van der Waals surface area contributed by atoms with Crippen molar-refractivity contribution in [3.8, 4) is 0 Å². The second kappa shape index (κ2) is 6.91. The minimum Gasteiger partial charge on any atom is -0.371 e. The lowest BCUT2D eigenvalue weighted by atomic mass is 9.93. The lowest BCUT2D eigenvalue weighted by molar-refractivity contribution is -0.0970. The van der Waals surface area contributed by atoms with Gasteiger partial charge < -0.3 is 10.1 Å². The smallest absolute Gasteiger partial charge is 0.0810 e. The first-order valence-electron chi connectivity index (χ1n) is 8.15. The van der Waals surface area contributed by atoms with Crippen LogP contribution in [0.15, 0.2) is 0 Å². The molecule has 0 spiro atoms. The van der Waals surface area contributed by atoms with Gasteiger partial charge in [-0.25, -0.2) is 0 Å². The lowest BCUT2D eigenvalue weighted by Crippen LogP contribution is -2.45. The minimum atomic E-state index is 0.147. The van der Waals surface area contributed by atoms with Gasteiger partial charge in [0, 0.05) is 12.6 Å². The summed E-state index contributed by atoms with van der Waals surface area (Å²) >= 11 is 0. The summed E-state index contributed by atoms with van der Waals surface area (Å²) in [5.74, 6) is 0. The van der Waals surface area contributed by atoms with Crippen molar-refractivity contribution in [2.75, 3.05) is 6.54 Å². The van der Waals surface area contributed by atoms with E-state index in [0.717, 1.165) is 12.6 Å². The van der Waals surface area contributed by atoms with E-state index < -0.39 is 0 Å². The molecule has 0 aromatic heterocycles. The molecule has 0 saturated heterocycles. The molecule has 0 aromatic rings. The van der Waals surface area contributed by atoms with Crippen LogP contribution >= 0.6 is 0 Å². The molecule has 1 unspecified atom stereocenters. The number of ether oxygens (including phenoxy) is 1. The molecule has 0 aromatic carbocycles. The monoisotopic (exact) mass is 253 g/mol. The largest absolute Gasteiger partial charge is 0.371 e. The summed E-state index contributed by atoms with van der Waals surface area (Å²) in [6.45, 7) is 5.60. The molecule has 2 aliphatic carbocycles. The van der Waals surface area contributed by atoms with Gasteiger partial charge in [-0.1, -0.05) is 39.0 Å². The van der Waals surface area contributed by atoms with Gasteiger partial charge in [-0.15, -0.1) is 0 Å². The second-order valence-electron chi connectivity index (χ2n) is 6.47. The van der Waals surface area contributed by atoms with Crippen LogP contribution in [0, 0.1) is 0 Å². The Kier molecular flexibility index (Phi) is 5.50. The van der Waals surface area contributed by atoms with Crippen molar-refractivity contribution in [3.05, 3.63) is 0 Å². The van der Waals surface area contributed by atoms with Crippen LogP contribution in [-0.2, 0) is 4.74 Å². The van der Waals surface area contributed by atoms with Crippen molar-refractivity contribution in [3.63, 3.8) is 0 Å². The maximum atomic E-state index is 6.52. The van der Waals surface area contributed by atoms with Gasteiger partial charge >= 0.3 is 0 Å². The van der Waals surface area contributed by atoms with Crippen molar-refractivity contribution in [1.82, 2.24) is 5.32 Å². The van der Waals surface area contributed by atoms with E-state index in [9.17, 15) is 0 Å². The highest BCUT2D eigenvalue weighted by Crippen LogP contribution is 2.33. The molecule has 2 aliphatic rings. The Morgan fingerprint density at radius 1 is 1.17 bits per heavy atom. The van der Waals surface area contributed by atoms with Crippen LogP contribution in [0.3, 0.4) is 0 Å². The van der Waals surface area contributed by atoms with Crippen LogP contribution in [0.2, 0.25) is 0 Å². The number of nitrogens with one attached hydrogen (secondary N) is 1. The van der Waals surface area contributed by atoms with Gasteiger partial charge in [-0.3, -0.25) is 0 Å². The molecule has 2 saturated carbocycles.